The second-order valence-electron chi connectivity index (χ2n) is 7.88. The number of nitrogens with zero attached hydrogens (tertiary/aromatic N) is 2. The number of pyridine rings is 1. The molecule has 2 atom stereocenters. The normalized spacial score (nSPS) is 28.2. The van der Waals surface area contributed by atoms with Gasteiger partial charge in [-0.3, -0.25) is 9.59 Å². The number of nitrogens with one attached hydrogen (secondary N) is 1. The molecule has 4 rings (SSSR count). The molecule has 0 aromatic carbocycles. The highest BCUT2D eigenvalue weighted by Gasteiger charge is 2.35. The lowest BCUT2D eigenvalue weighted by Gasteiger charge is -2.31. The van der Waals surface area contributed by atoms with E-state index >= 15 is 0 Å². The standard InChI is InChI=1S/C21H27N3O3/c1-27-21(26)16-5-4-15(13-16)20(25)23-17-6-8-18(9-7-17)24-12-10-14-3-2-11-22-19(14)24/h2-3,10-12,15-18H,4-9,13H2,1H3,(H,23,25)/t15-,16+,17?,18?/m0/s1. The summed E-state index contributed by atoms with van der Waals surface area (Å²) in [5.74, 6) is -0.239. The number of amides is 1. The molecule has 0 aliphatic heterocycles. The average Bonchev–Trinajstić information content (AvgIpc) is 3.35. The molecule has 0 bridgehead atoms. The summed E-state index contributed by atoms with van der Waals surface area (Å²) in [5, 5.41) is 4.40. The van der Waals surface area contributed by atoms with Crippen molar-refractivity contribution in [1.29, 1.82) is 0 Å². The van der Waals surface area contributed by atoms with Crippen LogP contribution in [0.5, 0.6) is 0 Å². The van der Waals surface area contributed by atoms with Crippen LogP contribution in [0.15, 0.2) is 30.6 Å². The van der Waals surface area contributed by atoms with E-state index in [9.17, 15) is 9.59 Å². The molecule has 27 heavy (non-hydrogen) atoms. The SMILES string of the molecule is COC(=O)[C@@H]1CC[C@H](C(=O)NC2CCC(n3ccc4cccnc43)CC2)C1. The summed E-state index contributed by atoms with van der Waals surface area (Å²) < 4.78 is 7.09. The Morgan fingerprint density at radius 1 is 1.11 bits per heavy atom. The van der Waals surface area contributed by atoms with Crippen LogP contribution in [-0.4, -0.2) is 34.6 Å². The Bertz CT molecular complexity index is 823. The lowest BCUT2D eigenvalue weighted by atomic mass is 9.90. The molecular formula is C21H27N3O3. The van der Waals surface area contributed by atoms with Crippen molar-refractivity contribution in [3.05, 3.63) is 30.6 Å². The first kappa shape index (κ1) is 18.0. The predicted molar refractivity (Wildman–Crippen MR) is 102 cm³/mol. The molecule has 144 valence electrons. The van der Waals surface area contributed by atoms with Gasteiger partial charge in [-0.25, -0.2) is 4.98 Å². The van der Waals surface area contributed by atoms with E-state index in [4.69, 9.17) is 4.74 Å². The molecule has 0 saturated heterocycles. The molecule has 2 aliphatic carbocycles. The summed E-state index contributed by atoms with van der Waals surface area (Å²) in [7, 11) is 1.41. The van der Waals surface area contributed by atoms with Gasteiger partial charge in [0.15, 0.2) is 0 Å². The number of ether oxygens (including phenoxy) is 1. The first-order chi connectivity index (χ1) is 13.2. The molecule has 2 aromatic heterocycles. The Morgan fingerprint density at radius 2 is 1.89 bits per heavy atom. The number of hydrogen-bond acceptors (Lipinski definition) is 4. The van der Waals surface area contributed by atoms with Crippen molar-refractivity contribution >= 4 is 22.9 Å². The molecule has 0 unspecified atom stereocenters. The van der Waals surface area contributed by atoms with Crippen molar-refractivity contribution in [3.63, 3.8) is 0 Å². The third-order valence-electron chi connectivity index (χ3n) is 6.25. The van der Waals surface area contributed by atoms with Gasteiger partial charge in [0, 0.05) is 35.8 Å². The number of aromatic nitrogens is 2. The second kappa shape index (κ2) is 7.71. The largest absolute Gasteiger partial charge is 0.469 e. The van der Waals surface area contributed by atoms with Gasteiger partial charge in [0.05, 0.1) is 13.0 Å². The van der Waals surface area contributed by atoms with E-state index in [2.05, 4.69) is 33.2 Å². The van der Waals surface area contributed by atoms with Gasteiger partial charge in [0.25, 0.3) is 0 Å². The van der Waals surface area contributed by atoms with Crippen LogP contribution in [0.3, 0.4) is 0 Å². The van der Waals surface area contributed by atoms with Crippen LogP contribution in [0.4, 0.5) is 0 Å². The van der Waals surface area contributed by atoms with Gasteiger partial charge in [-0.05, 0) is 63.1 Å². The molecule has 1 N–H and O–H groups in total. The molecular weight excluding hydrogens is 342 g/mol. The number of esters is 1. The van der Waals surface area contributed by atoms with Crippen molar-refractivity contribution in [2.75, 3.05) is 7.11 Å². The maximum Gasteiger partial charge on any atom is 0.308 e. The minimum atomic E-state index is -0.182. The summed E-state index contributed by atoms with van der Waals surface area (Å²) >= 11 is 0. The highest BCUT2D eigenvalue weighted by molar-refractivity contribution is 5.81. The van der Waals surface area contributed by atoms with E-state index in [-0.39, 0.29) is 29.8 Å². The lowest BCUT2D eigenvalue weighted by molar-refractivity contribution is -0.145. The zero-order chi connectivity index (χ0) is 18.8. The smallest absolute Gasteiger partial charge is 0.308 e. The van der Waals surface area contributed by atoms with Gasteiger partial charge in [-0.2, -0.15) is 0 Å². The van der Waals surface area contributed by atoms with Crippen LogP contribution in [-0.2, 0) is 14.3 Å². The van der Waals surface area contributed by atoms with Crippen LogP contribution in [0.25, 0.3) is 11.0 Å². The number of hydrogen-bond donors (Lipinski definition) is 1. The Hall–Kier alpha value is -2.37. The summed E-state index contributed by atoms with van der Waals surface area (Å²) in [6, 6.07) is 6.86. The number of carbonyl (C=O) groups excluding carboxylic acids is 2. The summed E-state index contributed by atoms with van der Waals surface area (Å²) in [6.07, 6.45) is 10.2. The topological polar surface area (TPSA) is 73.2 Å². The van der Waals surface area contributed by atoms with Crippen LogP contribution in [0.2, 0.25) is 0 Å². The summed E-state index contributed by atoms with van der Waals surface area (Å²) in [4.78, 5) is 28.7. The molecule has 6 nitrogen and oxygen atoms in total. The first-order valence-electron chi connectivity index (χ1n) is 9.95. The van der Waals surface area contributed by atoms with E-state index in [1.165, 1.54) is 12.5 Å². The molecule has 0 radical (unpaired) electrons. The van der Waals surface area contributed by atoms with Crippen LogP contribution in [0.1, 0.15) is 51.0 Å². The molecule has 2 saturated carbocycles. The van der Waals surface area contributed by atoms with Gasteiger partial charge in [-0.15, -0.1) is 0 Å². The van der Waals surface area contributed by atoms with E-state index in [1.54, 1.807) is 0 Å². The fraction of sp³-hybridized carbons (Fsp3) is 0.571. The second-order valence-corrected chi connectivity index (χ2v) is 7.88. The highest BCUT2D eigenvalue weighted by Crippen LogP contribution is 2.34. The van der Waals surface area contributed by atoms with Crippen molar-refractivity contribution in [1.82, 2.24) is 14.9 Å². The molecule has 0 spiro atoms. The minimum Gasteiger partial charge on any atom is -0.469 e. The number of methoxy groups -OCH3 is 1. The Balaban J connectivity index is 1.30. The highest BCUT2D eigenvalue weighted by atomic mass is 16.5. The van der Waals surface area contributed by atoms with Gasteiger partial charge >= 0.3 is 5.97 Å². The Morgan fingerprint density at radius 3 is 2.67 bits per heavy atom. The Kier molecular flexibility index (Phi) is 5.14. The van der Waals surface area contributed by atoms with E-state index in [0.717, 1.165) is 44.2 Å². The molecule has 1 amide bonds. The van der Waals surface area contributed by atoms with Crippen molar-refractivity contribution in [2.24, 2.45) is 11.8 Å². The van der Waals surface area contributed by atoms with E-state index < -0.39 is 0 Å². The number of carbonyl (C=O) groups is 2. The first-order valence-corrected chi connectivity index (χ1v) is 9.95. The fourth-order valence-corrected chi connectivity index (χ4v) is 4.70. The van der Waals surface area contributed by atoms with Crippen LogP contribution >= 0.6 is 0 Å². The zero-order valence-electron chi connectivity index (χ0n) is 15.8. The number of fused-ring (bicyclic) bond motifs is 1. The maximum atomic E-state index is 12.6. The van der Waals surface area contributed by atoms with E-state index in [0.29, 0.717) is 12.5 Å². The maximum absolute atomic E-state index is 12.6. The molecule has 2 fully saturated rings. The molecule has 6 heteroatoms. The van der Waals surface area contributed by atoms with Gasteiger partial charge < -0.3 is 14.6 Å². The predicted octanol–water partition coefficient (Wildman–Crippen LogP) is 3.23. The van der Waals surface area contributed by atoms with Crippen molar-refractivity contribution < 1.29 is 14.3 Å². The quantitative estimate of drug-likeness (QED) is 0.840. The number of rotatable bonds is 4. The molecule has 2 aliphatic rings. The third-order valence-corrected chi connectivity index (χ3v) is 6.25. The van der Waals surface area contributed by atoms with Gasteiger partial charge in [0.1, 0.15) is 5.65 Å². The average molecular weight is 369 g/mol. The van der Waals surface area contributed by atoms with Crippen LogP contribution in [0, 0.1) is 11.8 Å². The summed E-state index contributed by atoms with van der Waals surface area (Å²) in [6.45, 7) is 0. The fourth-order valence-electron chi connectivity index (χ4n) is 4.70. The monoisotopic (exact) mass is 369 g/mol. The van der Waals surface area contributed by atoms with Gasteiger partial charge in [-0.1, -0.05) is 0 Å². The van der Waals surface area contributed by atoms with Crippen LogP contribution < -0.4 is 5.32 Å². The minimum absolute atomic E-state index is 0.0515. The zero-order valence-corrected chi connectivity index (χ0v) is 15.8. The summed E-state index contributed by atoms with van der Waals surface area (Å²) in [5.41, 5.74) is 1.05. The van der Waals surface area contributed by atoms with Crippen molar-refractivity contribution in [3.8, 4) is 0 Å². The molecule has 2 heterocycles. The van der Waals surface area contributed by atoms with E-state index in [1.807, 2.05) is 12.3 Å². The lowest BCUT2D eigenvalue weighted by Crippen LogP contribution is -2.40. The van der Waals surface area contributed by atoms with Gasteiger partial charge in [0.2, 0.25) is 5.91 Å². The molecule has 2 aromatic rings. The third kappa shape index (κ3) is 3.70. The van der Waals surface area contributed by atoms with Crippen molar-refractivity contribution in [2.45, 2.75) is 57.0 Å². The Labute approximate surface area is 159 Å².